The summed E-state index contributed by atoms with van der Waals surface area (Å²) in [6, 6.07) is 7.59. The third kappa shape index (κ3) is 2.44. The van der Waals surface area contributed by atoms with Crippen LogP contribution in [0.25, 0.3) is 0 Å². The minimum atomic E-state index is -0.226. The molecule has 0 fully saturated rings. The Labute approximate surface area is 88.6 Å². The zero-order chi connectivity index (χ0) is 10.6. The average Bonchev–Trinajstić information content (AvgIpc) is 2.15. The first-order valence-corrected chi connectivity index (χ1v) is 4.74. The van der Waals surface area contributed by atoms with Crippen molar-refractivity contribution in [2.45, 2.75) is 19.3 Å². The molecule has 0 N–H and O–H groups in total. The van der Waals surface area contributed by atoms with Crippen LogP contribution in [0.5, 0.6) is 0 Å². The Bertz CT molecular complexity index is 367. The highest BCUT2D eigenvalue weighted by atomic mass is 35.5. The highest BCUT2D eigenvalue weighted by molar-refractivity contribution is 6.31. The number of nitrogens with zero attached hydrogens (tertiary/aromatic N) is 1. The quantitative estimate of drug-likeness (QED) is 0.556. The molecule has 0 unspecified atom stereocenters. The number of carbonyl (C=O) groups excluding carboxylic acids is 1. The van der Waals surface area contributed by atoms with Crippen molar-refractivity contribution in [3.63, 3.8) is 0 Å². The van der Waals surface area contributed by atoms with E-state index in [-0.39, 0.29) is 5.41 Å². The van der Waals surface area contributed by atoms with E-state index in [1.807, 2.05) is 38.1 Å². The van der Waals surface area contributed by atoms with Crippen molar-refractivity contribution < 1.29 is 4.79 Å². The Kier molecular flexibility index (Phi) is 3.45. The molecule has 0 aliphatic carbocycles. The molecule has 0 atom stereocenters. The van der Waals surface area contributed by atoms with Crippen LogP contribution in [-0.4, -0.2) is 12.6 Å². The van der Waals surface area contributed by atoms with Gasteiger partial charge in [0.05, 0.1) is 6.54 Å². The Morgan fingerprint density at radius 2 is 2.07 bits per heavy atom. The van der Waals surface area contributed by atoms with Gasteiger partial charge in [-0.15, -0.1) is 0 Å². The maximum atomic E-state index is 10.0. The predicted octanol–water partition coefficient (Wildman–Crippen LogP) is 2.95. The summed E-state index contributed by atoms with van der Waals surface area (Å²) in [7, 11) is 0. The van der Waals surface area contributed by atoms with E-state index < -0.39 is 0 Å². The van der Waals surface area contributed by atoms with E-state index in [1.54, 1.807) is 6.08 Å². The maximum absolute atomic E-state index is 10.0. The van der Waals surface area contributed by atoms with Crippen molar-refractivity contribution in [3.8, 4) is 0 Å². The number of benzene rings is 1. The van der Waals surface area contributed by atoms with Crippen LogP contribution >= 0.6 is 11.6 Å². The van der Waals surface area contributed by atoms with Gasteiger partial charge in [-0.25, -0.2) is 9.79 Å². The molecule has 74 valence electrons. The van der Waals surface area contributed by atoms with E-state index in [9.17, 15) is 4.79 Å². The molecule has 0 saturated heterocycles. The van der Waals surface area contributed by atoms with E-state index in [0.29, 0.717) is 11.6 Å². The molecule has 0 spiro atoms. The van der Waals surface area contributed by atoms with Gasteiger partial charge in [0, 0.05) is 10.4 Å². The summed E-state index contributed by atoms with van der Waals surface area (Å²) in [5.41, 5.74) is 0.774. The van der Waals surface area contributed by atoms with Crippen LogP contribution in [0.15, 0.2) is 29.3 Å². The molecule has 0 saturated carbocycles. The van der Waals surface area contributed by atoms with Crippen molar-refractivity contribution in [3.05, 3.63) is 34.9 Å². The molecule has 1 rings (SSSR count). The second-order valence-corrected chi connectivity index (χ2v) is 4.18. The standard InChI is InChI=1S/C11H12ClNO/c1-11(2,7-13-8-14)9-5-3-4-6-10(9)12/h3-6H,7H2,1-2H3. The molecular formula is C11H12ClNO. The summed E-state index contributed by atoms with van der Waals surface area (Å²) in [5, 5.41) is 0.707. The zero-order valence-corrected chi connectivity index (χ0v) is 9.01. The Morgan fingerprint density at radius 1 is 1.43 bits per heavy atom. The lowest BCUT2D eigenvalue weighted by molar-refractivity contribution is 0.526. The zero-order valence-electron chi connectivity index (χ0n) is 8.25. The van der Waals surface area contributed by atoms with Gasteiger partial charge in [0.1, 0.15) is 0 Å². The van der Waals surface area contributed by atoms with Gasteiger partial charge < -0.3 is 0 Å². The molecule has 0 aliphatic rings. The minimum absolute atomic E-state index is 0.226. The summed E-state index contributed by atoms with van der Waals surface area (Å²) < 4.78 is 0. The van der Waals surface area contributed by atoms with Gasteiger partial charge in [-0.1, -0.05) is 43.6 Å². The molecule has 0 heterocycles. The van der Waals surface area contributed by atoms with Crippen molar-refractivity contribution in [2.24, 2.45) is 4.99 Å². The van der Waals surface area contributed by atoms with Gasteiger partial charge in [-0.05, 0) is 11.6 Å². The van der Waals surface area contributed by atoms with Gasteiger partial charge in [-0.3, -0.25) is 0 Å². The number of hydrogen-bond donors (Lipinski definition) is 0. The van der Waals surface area contributed by atoms with Crippen molar-refractivity contribution in [2.75, 3.05) is 6.54 Å². The predicted molar refractivity (Wildman–Crippen MR) is 57.5 cm³/mol. The minimum Gasteiger partial charge on any atom is -0.211 e. The molecule has 0 aliphatic heterocycles. The van der Waals surface area contributed by atoms with Crippen molar-refractivity contribution in [1.29, 1.82) is 0 Å². The van der Waals surface area contributed by atoms with Gasteiger partial charge in [-0.2, -0.15) is 0 Å². The number of aliphatic imine (C=N–C) groups is 1. The Hall–Kier alpha value is -1.11. The lowest BCUT2D eigenvalue weighted by Crippen LogP contribution is -2.21. The highest BCUT2D eigenvalue weighted by Crippen LogP contribution is 2.29. The topological polar surface area (TPSA) is 29.4 Å². The van der Waals surface area contributed by atoms with Crippen molar-refractivity contribution >= 4 is 17.7 Å². The summed E-state index contributed by atoms with van der Waals surface area (Å²) >= 11 is 6.05. The smallest absolute Gasteiger partial charge is 0.211 e. The fraction of sp³-hybridized carbons (Fsp3) is 0.364. The van der Waals surface area contributed by atoms with Crippen LogP contribution in [0.4, 0.5) is 0 Å². The van der Waals surface area contributed by atoms with Crippen LogP contribution in [0.1, 0.15) is 19.4 Å². The van der Waals surface area contributed by atoms with E-state index in [2.05, 4.69) is 4.99 Å². The molecule has 2 nitrogen and oxygen atoms in total. The van der Waals surface area contributed by atoms with Crippen LogP contribution in [-0.2, 0) is 10.2 Å². The monoisotopic (exact) mass is 209 g/mol. The van der Waals surface area contributed by atoms with E-state index in [0.717, 1.165) is 5.56 Å². The van der Waals surface area contributed by atoms with Crippen LogP contribution in [0.2, 0.25) is 5.02 Å². The van der Waals surface area contributed by atoms with Crippen LogP contribution < -0.4 is 0 Å². The first-order chi connectivity index (χ1) is 6.58. The Balaban J connectivity index is 3.02. The largest absolute Gasteiger partial charge is 0.234 e. The molecule has 0 amide bonds. The second kappa shape index (κ2) is 4.41. The van der Waals surface area contributed by atoms with E-state index in [1.165, 1.54) is 0 Å². The lowest BCUT2D eigenvalue weighted by atomic mass is 9.85. The summed E-state index contributed by atoms with van der Waals surface area (Å²) in [6.45, 7) is 4.39. The van der Waals surface area contributed by atoms with Crippen LogP contribution in [0.3, 0.4) is 0 Å². The van der Waals surface area contributed by atoms with Gasteiger partial charge >= 0.3 is 0 Å². The molecule has 3 heteroatoms. The SMILES string of the molecule is CC(C)(CN=C=O)c1ccccc1Cl. The lowest BCUT2D eigenvalue weighted by Gasteiger charge is -2.23. The average molecular weight is 210 g/mol. The third-order valence-electron chi connectivity index (χ3n) is 2.14. The van der Waals surface area contributed by atoms with Crippen LogP contribution in [0, 0.1) is 0 Å². The number of isocyanates is 1. The molecule has 14 heavy (non-hydrogen) atoms. The normalized spacial score (nSPS) is 10.8. The van der Waals surface area contributed by atoms with Gasteiger partial charge in [0.15, 0.2) is 0 Å². The van der Waals surface area contributed by atoms with Gasteiger partial charge in [0.25, 0.3) is 0 Å². The first kappa shape index (κ1) is 11.0. The summed E-state index contributed by atoms with van der Waals surface area (Å²) in [4.78, 5) is 13.6. The van der Waals surface area contributed by atoms with Gasteiger partial charge in [0.2, 0.25) is 6.08 Å². The number of hydrogen-bond acceptors (Lipinski definition) is 2. The summed E-state index contributed by atoms with van der Waals surface area (Å²) in [6.07, 6.45) is 1.54. The number of halogens is 1. The fourth-order valence-electron chi connectivity index (χ4n) is 1.33. The molecule has 1 aromatic rings. The first-order valence-electron chi connectivity index (χ1n) is 4.36. The molecule has 0 bridgehead atoms. The second-order valence-electron chi connectivity index (χ2n) is 3.77. The third-order valence-corrected chi connectivity index (χ3v) is 2.47. The fourth-order valence-corrected chi connectivity index (χ4v) is 1.72. The molecule has 1 aromatic carbocycles. The highest BCUT2D eigenvalue weighted by Gasteiger charge is 2.22. The summed E-state index contributed by atoms with van der Waals surface area (Å²) in [5.74, 6) is 0. The molecule has 0 aromatic heterocycles. The van der Waals surface area contributed by atoms with Crippen molar-refractivity contribution in [1.82, 2.24) is 0 Å². The Morgan fingerprint density at radius 3 is 2.64 bits per heavy atom. The van der Waals surface area contributed by atoms with E-state index >= 15 is 0 Å². The maximum Gasteiger partial charge on any atom is 0.234 e. The molecular weight excluding hydrogens is 198 g/mol. The number of rotatable bonds is 3. The molecule has 0 radical (unpaired) electrons. The van der Waals surface area contributed by atoms with E-state index in [4.69, 9.17) is 11.6 Å².